The molecule has 21 heteroatoms. The zero-order valence-corrected chi connectivity index (χ0v) is 21.5. The van der Waals surface area contributed by atoms with Crippen LogP contribution >= 0.6 is 23.5 Å². The van der Waals surface area contributed by atoms with E-state index in [0.717, 1.165) is 0 Å². The molecule has 7 atom stereocenters. The van der Waals surface area contributed by atoms with Gasteiger partial charge >= 0.3 is 23.5 Å². The van der Waals surface area contributed by atoms with Crippen LogP contribution in [-0.2, 0) is 41.1 Å². The number of fused-ring (bicyclic) bond motifs is 2. The summed E-state index contributed by atoms with van der Waals surface area (Å²) in [7, 11) is -16.6. The number of hydrogen-bond acceptors (Lipinski definition) is 13. The average Bonchev–Trinajstić information content (AvgIpc) is 3.50. The number of hydrogen-bond donors (Lipinski definition) is 5. The van der Waals surface area contributed by atoms with Gasteiger partial charge in [-0.15, -0.1) is 0 Å². The summed E-state index contributed by atoms with van der Waals surface area (Å²) in [5.41, 5.74) is 7.14. The van der Waals surface area contributed by atoms with Gasteiger partial charge in [-0.25, -0.2) is 28.6 Å². The van der Waals surface area contributed by atoms with Gasteiger partial charge in [0.2, 0.25) is 0 Å². The smallest absolute Gasteiger partial charge is 0.382 e. The first-order valence-electron chi connectivity index (χ1n) is 10.5. The Balaban J connectivity index is 1.38. The molecule has 1 aromatic carbocycles. The van der Waals surface area contributed by atoms with Gasteiger partial charge in [-0.1, -0.05) is 30.3 Å². The van der Waals surface area contributed by atoms with Gasteiger partial charge < -0.3 is 39.5 Å². The van der Waals surface area contributed by atoms with Crippen LogP contribution in [0.2, 0.25) is 0 Å². The molecule has 18 nitrogen and oxygen atoms in total. The third kappa shape index (κ3) is 5.88. The summed E-state index contributed by atoms with van der Waals surface area (Å²) < 4.78 is 66.6. The van der Waals surface area contributed by atoms with Crippen LogP contribution in [0.25, 0.3) is 11.2 Å². The standard InChI is InChI=1S/C17H20N5O13P3/c18-14-11-15(20-7-19-14)22(8-21-11)16-13-12(32-17(33-13)9-4-2-1-3-5-9)10(31-16)6-30-37(26,27)35-38(28,29)34-36(23,24)25/h1-5,7-8,10,12-13,16-17H,6H2,(H,26,27)(H,28,29)(H2,18,19,20)(H2,23,24,25)/t10-,12-,13-,16-,17+/m1/s1. The van der Waals surface area contributed by atoms with Crippen molar-refractivity contribution in [1.82, 2.24) is 19.5 Å². The number of benzene rings is 1. The van der Waals surface area contributed by atoms with E-state index in [0.29, 0.717) is 16.7 Å². The highest BCUT2D eigenvalue weighted by Crippen LogP contribution is 2.66. The number of phosphoric acid groups is 3. The molecule has 0 radical (unpaired) electrons. The van der Waals surface area contributed by atoms with Gasteiger partial charge in [0.05, 0.1) is 12.9 Å². The van der Waals surface area contributed by atoms with Crippen molar-refractivity contribution in [2.24, 2.45) is 0 Å². The lowest BCUT2D eigenvalue weighted by Crippen LogP contribution is -2.31. The van der Waals surface area contributed by atoms with Crippen LogP contribution in [0.4, 0.5) is 5.82 Å². The van der Waals surface area contributed by atoms with Crippen LogP contribution in [0.3, 0.4) is 0 Å². The molecule has 0 spiro atoms. The predicted molar refractivity (Wildman–Crippen MR) is 122 cm³/mol. The monoisotopic (exact) mass is 595 g/mol. The second-order valence-corrected chi connectivity index (χ2v) is 12.4. The summed E-state index contributed by atoms with van der Waals surface area (Å²) in [6.07, 6.45) is -1.99. The Morgan fingerprint density at radius 2 is 1.63 bits per heavy atom. The maximum absolute atomic E-state index is 12.2. The van der Waals surface area contributed by atoms with E-state index in [-0.39, 0.29) is 5.82 Å². The fourth-order valence-electron chi connectivity index (χ4n) is 3.99. The maximum atomic E-state index is 12.2. The first-order chi connectivity index (χ1) is 17.8. The number of nitrogens with zero attached hydrogens (tertiary/aromatic N) is 4. The van der Waals surface area contributed by atoms with E-state index in [4.69, 9.17) is 34.3 Å². The molecular formula is C17H20N5O13P3. The summed E-state index contributed by atoms with van der Waals surface area (Å²) in [4.78, 5) is 48.9. The van der Waals surface area contributed by atoms with Crippen molar-refractivity contribution < 1.29 is 60.6 Å². The number of nitrogens with two attached hydrogens (primary N) is 1. The van der Waals surface area contributed by atoms with Crippen molar-refractivity contribution in [3.05, 3.63) is 48.5 Å². The molecule has 206 valence electrons. The van der Waals surface area contributed by atoms with Gasteiger partial charge in [-0.05, 0) is 0 Å². The van der Waals surface area contributed by atoms with E-state index in [1.54, 1.807) is 30.3 Å². The Hall–Kier alpha value is -2.14. The van der Waals surface area contributed by atoms with Crippen LogP contribution in [0.5, 0.6) is 0 Å². The lowest BCUT2D eigenvalue weighted by atomic mass is 10.1. The molecule has 2 aromatic heterocycles. The fourth-order valence-corrected chi connectivity index (χ4v) is 7.02. The summed E-state index contributed by atoms with van der Waals surface area (Å²) in [5, 5.41) is 0. The highest BCUT2D eigenvalue weighted by molar-refractivity contribution is 7.66. The van der Waals surface area contributed by atoms with Crippen molar-refractivity contribution >= 4 is 40.4 Å². The molecule has 2 aliphatic rings. The largest absolute Gasteiger partial charge is 0.490 e. The predicted octanol–water partition coefficient (Wildman–Crippen LogP) is 1.13. The minimum absolute atomic E-state index is 0.123. The van der Waals surface area contributed by atoms with Gasteiger partial charge in [0.25, 0.3) is 0 Å². The van der Waals surface area contributed by atoms with E-state index in [1.807, 2.05) is 0 Å². The van der Waals surface area contributed by atoms with Gasteiger partial charge in [-0.3, -0.25) is 9.09 Å². The van der Waals surface area contributed by atoms with Crippen LogP contribution in [0.1, 0.15) is 18.1 Å². The van der Waals surface area contributed by atoms with Gasteiger partial charge in [0.1, 0.15) is 30.2 Å². The number of imidazole rings is 1. The molecule has 6 N–H and O–H groups in total. The first-order valence-corrected chi connectivity index (χ1v) is 15.1. The molecule has 0 bridgehead atoms. The van der Waals surface area contributed by atoms with Crippen molar-refractivity contribution in [2.45, 2.75) is 30.8 Å². The minimum atomic E-state index is -5.69. The number of aromatic nitrogens is 4. The second-order valence-electron chi connectivity index (χ2n) is 7.98. The van der Waals surface area contributed by atoms with E-state index in [9.17, 15) is 23.5 Å². The summed E-state index contributed by atoms with van der Waals surface area (Å²) in [5.74, 6) is 0.123. The molecule has 2 aliphatic heterocycles. The number of nitrogen functional groups attached to an aromatic ring is 1. The van der Waals surface area contributed by atoms with E-state index >= 15 is 0 Å². The van der Waals surface area contributed by atoms with Crippen LogP contribution in [-0.4, -0.2) is 64.0 Å². The van der Waals surface area contributed by atoms with Gasteiger partial charge in [-0.2, -0.15) is 8.62 Å². The first kappa shape index (κ1) is 27.4. The number of anilines is 1. The van der Waals surface area contributed by atoms with Crippen LogP contribution < -0.4 is 5.73 Å². The van der Waals surface area contributed by atoms with Crippen LogP contribution in [0, 0.1) is 0 Å². The van der Waals surface area contributed by atoms with Crippen molar-refractivity contribution in [3.8, 4) is 0 Å². The Morgan fingerprint density at radius 1 is 0.921 bits per heavy atom. The SMILES string of the molecule is Nc1ncnc2c1ncn2[C@@H]1O[C@H](COP(=O)(O)OP(=O)(O)OP(=O)(O)O)[C@H]2O[C@H](c3ccccc3)O[C@H]21. The summed E-state index contributed by atoms with van der Waals surface area (Å²) >= 11 is 0. The molecule has 5 rings (SSSR count). The minimum Gasteiger partial charge on any atom is -0.382 e. The molecule has 38 heavy (non-hydrogen) atoms. The zero-order chi connectivity index (χ0) is 27.3. The number of phosphoric ester groups is 1. The summed E-state index contributed by atoms with van der Waals surface area (Å²) in [6, 6.07) is 8.89. The zero-order valence-electron chi connectivity index (χ0n) is 18.8. The van der Waals surface area contributed by atoms with Crippen molar-refractivity contribution in [1.29, 1.82) is 0 Å². The molecule has 0 amide bonds. The van der Waals surface area contributed by atoms with Gasteiger partial charge in [0.15, 0.2) is 24.0 Å². The number of rotatable bonds is 9. The Kier molecular flexibility index (Phi) is 7.30. The molecular weight excluding hydrogens is 575 g/mol. The highest BCUT2D eigenvalue weighted by Gasteiger charge is 2.55. The average molecular weight is 595 g/mol. The van der Waals surface area contributed by atoms with E-state index < -0.39 is 60.9 Å². The molecule has 4 heterocycles. The molecule has 2 fully saturated rings. The Morgan fingerprint density at radius 3 is 2.34 bits per heavy atom. The maximum Gasteiger partial charge on any atom is 0.490 e. The molecule has 0 saturated carbocycles. The molecule has 0 aliphatic carbocycles. The highest BCUT2D eigenvalue weighted by atomic mass is 31.3. The topological polar surface area (TPSA) is 257 Å². The quantitative estimate of drug-likeness (QED) is 0.217. The Bertz CT molecular complexity index is 1470. The molecule has 2 unspecified atom stereocenters. The fraction of sp³-hybridized carbons (Fsp3) is 0.353. The van der Waals surface area contributed by atoms with Crippen molar-refractivity contribution in [3.63, 3.8) is 0 Å². The Labute approximate surface area is 212 Å². The summed E-state index contributed by atoms with van der Waals surface area (Å²) in [6.45, 7) is -0.740. The van der Waals surface area contributed by atoms with E-state index in [1.165, 1.54) is 17.2 Å². The third-order valence-corrected chi connectivity index (χ3v) is 9.20. The normalized spacial score (nSPS) is 28.7. The third-order valence-electron chi connectivity index (χ3n) is 5.40. The lowest BCUT2D eigenvalue weighted by Gasteiger charge is -2.22. The second kappa shape index (κ2) is 10.1. The molecule has 3 aromatic rings. The van der Waals surface area contributed by atoms with Crippen LogP contribution in [0.15, 0.2) is 43.0 Å². The number of ether oxygens (including phenoxy) is 3. The van der Waals surface area contributed by atoms with Gasteiger partial charge in [0, 0.05) is 5.56 Å². The van der Waals surface area contributed by atoms with E-state index in [2.05, 4.69) is 23.6 Å². The lowest BCUT2D eigenvalue weighted by molar-refractivity contribution is -0.152. The van der Waals surface area contributed by atoms with Crippen molar-refractivity contribution in [2.75, 3.05) is 12.3 Å². The molecule has 2 saturated heterocycles.